The van der Waals surface area contributed by atoms with Gasteiger partial charge in [0.1, 0.15) is 5.75 Å². The number of nitrogen functional groups attached to an aromatic ring is 1. The molecule has 1 aliphatic carbocycles. The highest BCUT2D eigenvalue weighted by atomic mass is 16.3. The molecule has 0 unspecified atom stereocenters. The number of hydrogen-bond donors (Lipinski definition) is 2. The van der Waals surface area contributed by atoms with E-state index in [1.807, 2.05) is 0 Å². The third-order valence-corrected chi connectivity index (χ3v) is 3.21. The van der Waals surface area contributed by atoms with E-state index in [-0.39, 0.29) is 11.7 Å². The van der Waals surface area contributed by atoms with Crippen LogP contribution in [0.2, 0.25) is 0 Å². The Morgan fingerprint density at radius 3 is 2.75 bits per heavy atom. The van der Waals surface area contributed by atoms with E-state index < -0.39 is 0 Å². The molecular formula is C12H16N2O2. The SMILES string of the molecule is CN(C(=O)c1cc(O)ccc1N)C1CCC1. The normalized spacial score (nSPS) is 15.6. The van der Waals surface area contributed by atoms with E-state index in [2.05, 4.69) is 0 Å². The summed E-state index contributed by atoms with van der Waals surface area (Å²) < 4.78 is 0. The number of phenolic OH excluding ortho intramolecular Hbond substituents is 1. The maximum absolute atomic E-state index is 12.1. The molecular weight excluding hydrogens is 204 g/mol. The van der Waals surface area contributed by atoms with Crippen molar-refractivity contribution in [2.45, 2.75) is 25.3 Å². The van der Waals surface area contributed by atoms with Crippen molar-refractivity contribution in [3.05, 3.63) is 23.8 Å². The first kappa shape index (κ1) is 10.8. The molecule has 86 valence electrons. The zero-order valence-corrected chi connectivity index (χ0v) is 9.31. The second-order valence-electron chi connectivity index (χ2n) is 4.27. The Balaban J connectivity index is 2.22. The number of anilines is 1. The van der Waals surface area contributed by atoms with E-state index in [9.17, 15) is 9.90 Å². The van der Waals surface area contributed by atoms with Gasteiger partial charge < -0.3 is 15.7 Å². The average molecular weight is 220 g/mol. The molecule has 0 aromatic heterocycles. The van der Waals surface area contributed by atoms with Gasteiger partial charge in [-0.3, -0.25) is 4.79 Å². The molecule has 4 nitrogen and oxygen atoms in total. The molecule has 1 aromatic rings. The summed E-state index contributed by atoms with van der Waals surface area (Å²) in [6.45, 7) is 0. The van der Waals surface area contributed by atoms with E-state index in [0.717, 1.165) is 12.8 Å². The van der Waals surface area contributed by atoms with E-state index in [4.69, 9.17) is 5.73 Å². The fourth-order valence-electron chi connectivity index (χ4n) is 1.86. The van der Waals surface area contributed by atoms with Gasteiger partial charge in [0.2, 0.25) is 0 Å². The van der Waals surface area contributed by atoms with Gasteiger partial charge >= 0.3 is 0 Å². The number of carbonyl (C=O) groups is 1. The Hall–Kier alpha value is -1.71. The monoisotopic (exact) mass is 220 g/mol. The second kappa shape index (κ2) is 4.04. The molecule has 0 radical (unpaired) electrons. The molecule has 0 atom stereocenters. The van der Waals surface area contributed by atoms with Crippen LogP contribution in [-0.2, 0) is 0 Å². The number of hydrogen-bond acceptors (Lipinski definition) is 3. The van der Waals surface area contributed by atoms with E-state index in [0.29, 0.717) is 17.3 Å². The summed E-state index contributed by atoms with van der Waals surface area (Å²) in [5.41, 5.74) is 6.52. The fourth-order valence-corrected chi connectivity index (χ4v) is 1.86. The standard InChI is InChI=1S/C12H16N2O2/c1-14(8-3-2-4-8)12(16)10-7-9(15)5-6-11(10)13/h5-8,15H,2-4,13H2,1H3. The number of benzene rings is 1. The van der Waals surface area contributed by atoms with Crippen LogP contribution >= 0.6 is 0 Å². The number of rotatable bonds is 2. The second-order valence-corrected chi connectivity index (χ2v) is 4.27. The first-order valence-corrected chi connectivity index (χ1v) is 5.45. The molecule has 1 saturated carbocycles. The molecule has 0 spiro atoms. The van der Waals surface area contributed by atoms with Crippen LogP contribution in [0.1, 0.15) is 29.6 Å². The summed E-state index contributed by atoms with van der Waals surface area (Å²) >= 11 is 0. The van der Waals surface area contributed by atoms with Crippen LogP contribution in [0.15, 0.2) is 18.2 Å². The number of phenols is 1. The van der Waals surface area contributed by atoms with Crippen LogP contribution in [0.25, 0.3) is 0 Å². The van der Waals surface area contributed by atoms with Crippen molar-refractivity contribution >= 4 is 11.6 Å². The zero-order chi connectivity index (χ0) is 11.7. The van der Waals surface area contributed by atoms with Crippen LogP contribution in [0.5, 0.6) is 5.75 Å². The molecule has 1 amide bonds. The maximum atomic E-state index is 12.1. The summed E-state index contributed by atoms with van der Waals surface area (Å²) in [4.78, 5) is 13.8. The van der Waals surface area contributed by atoms with Crippen molar-refractivity contribution in [3.63, 3.8) is 0 Å². The molecule has 1 aliphatic rings. The van der Waals surface area contributed by atoms with Crippen molar-refractivity contribution in [1.29, 1.82) is 0 Å². The van der Waals surface area contributed by atoms with Gasteiger partial charge in [0.25, 0.3) is 5.91 Å². The third kappa shape index (κ3) is 1.83. The fraction of sp³-hybridized carbons (Fsp3) is 0.417. The van der Waals surface area contributed by atoms with Gasteiger partial charge in [0.15, 0.2) is 0 Å². The Bertz CT molecular complexity index is 413. The lowest BCUT2D eigenvalue weighted by Gasteiger charge is -2.35. The molecule has 4 heteroatoms. The average Bonchev–Trinajstić information content (AvgIpc) is 2.18. The predicted octanol–water partition coefficient (Wildman–Crippen LogP) is 1.60. The summed E-state index contributed by atoms with van der Waals surface area (Å²) in [7, 11) is 1.79. The Labute approximate surface area is 94.7 Å². The maximum Gasteiger partial charge on any atom is 0.256 e. The van der Waals surface area contributed by atoms with Crippen LogP contribution in [0.4, 0.5) is 5.69 Å². The van der Waals surface area contributed by atoms with Gasteiger partial charge in [0, 0.05) is 18.8 Å². The number of nitrogens with two attached hydrogens (primary N) is 1. The van der Waals surface area contributed by atoms with E-state index in [1.54, 1.807) is 18.0 Å². The molecule has 0 aliphatic heterocycles. The van der Waals surface area contributed by atoms with Crippen molar-refractivity contribution in [2.24, 2.45) is 0 Å². The topological polar surface area (TPSA) is 66.6 Å². The quantitative estimate of drug-likeness (QED) is 0.587. The van der Waals surface area contributed by atoms with Crippen LogP contribution in [-0.4, -0.2) is 29.0 Å². The van der Waals surface area contributed by atoms with Crippen LogP contribution in [0.3, 0.4) is 0 Å². The number of aromatic hydroxyl groups is 1. The van der Waals surface area contributed by atoms with Crippen molar-refractivity contribution in [3.8, 4) is 5.75 Å². The minimum atomic E-state index is -0.113. The Morgan fingerprint density at radius 1 is 1.50 bits per heavy atom. The highest BCUT2D eigenvalue weighted by Gasteiger charge is 2.27. The largest absolute Gasteiger partial charge is 0.508 e. The number of carbonyl (C=O) groups excluding carboxylic acids is 1. The van der Waals surface area contributed by atoms with Crippen molar-refractivity contribution in [2.75, 3.05) is 12.8 Å². The molecule has 0 heterocycles. The minimum Gasteiger partial charge on any atom is -0.508 e. The molecule has 1 fully saturated rings. The Morgan fingerprint density at radius 2 is 2.19 bits per heavy atom. The van der Waals surface area contributed by atoms with Gasteiger partial charge in [0.05, 0.1) is 5.56 Å². The highest BCUT2D eigenvalue weighted by Crippen LogP contribution is 2.27. The summed E-state index contributed by atoms with van der Waals surface area (Å²) in [5.74, 6) is -0.0438. The molecule has 2 rings (SSSR count). The van der Waals surface area contributed by atoms with E-state index >= 15 is 0 Å². The van der Waals surface area contributed by atoms with Crippen LogP contribution in [0, 0.1) is 0 Å². The number of amides is 1. The van der Waals surface area contributed by atoms with Gasteiger partial charge in [-0.05, 0) is 37.5 Å². The molecule has 3 N–H and O–H groups in total. The molecule has 0 bridgehead atoms. The smallest absolute Gasteiger partial charge is 0.256 e. The molecule has 16 heavy (non-hydrogen) atoms. The first-order chi connectivity index (χ1) is 7.59. The predicted molar refractivity (Wildman–Crippen MR) is 62.3 cm³/mol. The lowest BCUT2D eigenvalue weighted by molar-refractivity contribution is 0.0652. The molecule has 1 aromatic carbocycles. The van der Waals surface area contributed by atoms with E-state index in [1.165, 1.54) is 18.6 Å². The summed E-state index contributed by atoms with van der Waals surface area (Å²) in [6.07, 6.45) is 3.29. The lowest BCUT2D eigenvalue weighted by atomic mass is 9.91. The van der Waals surface area contributed by atoms with Crippen LogP contribution < -0.4 is 5.73 Å². The van der Waals surface area contributed by atoms with Gasteiger partial charge in [-0.1, -0.05) is 0 Å². The van der Waals surface area contributed by atoms with Gasteiger partial charge in [-0.25, -0.2) is 0 Å². The van der Waals surface area contributed by atoms with Crippen molar-refractivity contribution < 1.29 is 9.90 Å². The third-order valence-electron chi connectivity index (χ3n) is 3.21. The minimum absolute atomic E-state index is 0.0690. The Kier molecular flexibility index (Phi) is 2.73. The first-order valence-electron chi connectivity index (χ1n) is 5.45. The number of nitrogens with zero attached hydrogens (tertiary/aromatic N) is 1. The molecule has 0 saturated heterocycles. The van der Waals surface area contributed by atoms with Gasteiger partial charge in [-0.15, -0.1) is 0 Å². The highest BCUT2D eigenvalue weighted by molar-refractivity contribution is 5.99. The lowest BCUT2D eigenvalue weighted by Crippen LogP contribution is -2.41. The summed E-state index contributed by atoms with van der Waals surface area (Å²) in [5, 5.41) is 9.35. The zero-order valence-electron chi connectivity index (χ0n) is 9.31. The van der Waals surface area contributed by atoms with Gasteiger partial charge in [-0.2, -0.15) is 0 Å². The van der Waals surface area contributed by atoms with Crippen molar-refractivity contribution in [1.82, 2.24) is 4.90 Å². The summed E-state index contributed by atoms with van der Waals surface area (Å²) in [6, 6.07) is 4.79.